The monoisotopic (exact) mass is 212 g/mol. The Hall–Kier alpha value is -1.83. The highest BCUT2D eigenvalue weighted by molar-refractivity contribution is 5.37. The fourth-order valence-electron chi connectivity index (χ4n) is 1.57. The van der Waals surface area contributed by atoms with Crippen LogP contribution in [0.3, 0.4) is 0 Å². The fraction of sp³-hybridized carbons (Fsp3) is 0.214. The summed E-state index contributed by atoms with van der Waals surface area (Å²) in [6, 6.07) is 12.5. The summed E-state index contributed by atoms with van der Waals surface area (Å²) in [6.45, 7) is 4.99. The molecule has 2 aromatic rings. The average molecular weight is 212 g/mol. The molecule has 0 fully saturated rings. The third-order valence-corrected chi connectivity index (χ3v) is 2.63. The van der Waals surface area contributed by atoms with E-state index in [0.717, 1.165) is 12.4 Å². The second kappa shape index (κ2) is 4.79. The number of benzene rings is 1. The molecule has 1 heterocycles. The summed E-state index contributed by atoms with van der Waals surface area (Å²) in [5.41, 5.74) is 3.80. The molecular formula is C14H16N2. The van der Waals surface area contributed by atoms with Gasteiger partial charge in [-0.05, 0) is 36.6 Å². The fourth-order valence-corrected chi connectivity index (χ4v) is 1.57. The molecule has 1 aromatic heterocycles. The van der Waals surface area contributed by atoms with Crippen LogP contribution in [0.2, 0.25) is 0 Å². The minimum Gasteiger partial charge on any atom is -0.366 e. The first-order valence-corrected chi connectivity index (χ1v) is 5.47. The summed E-state index contributed by atoms with van der Waals surface area (Å²) in [7, 11) is 0. The van der Waals surface area contributed by atoms with Crippen molar-refractivity contribution >= 4 is 5.82 Å². The van der Waals surface area contributed by atoms with E-state index >= 15 is 0 Å². The van der Waals surface area contributed by atoms with E-state index in [2.05, 4.69) is 47.6 Å². The smallest absolute Gasteiger partial charge is 0.126 e. The molecule has 0 aliphatic rings. The maximum atomic E-state index is 4.31. The van der Waals surface area contributed by atoms with Crippen LogP contribution in [0.25, 0.3) is 0 Å². The van der Waals surface area contributed by atoms with Gasteiger partial charge in [-0.2, -0.15) is 0 Å². The number of anilines is 1. The van der Waals surface area contributed by atoms with Gasteiger partial charge in [-0.1, -0.05) is 30.3 Å². The summed E-state index contributed by atoms with van der Waals surface area (Å²) in [5.74, 6) is 0.925. The van der Waals surface area contributed by atoms with Crippen molar-refractivity contribution in [3.05, 3.63) is 59.3 Å². The van der Waals surface area contributed by atoms with Crippen LogP contribution in [0.4, 0.5) is 5.82 Å². The van der Waals surface area contributed by atoms with E-state index < -0.39 is 0 Å². The molecule has 0 spiro atoms. The van der Waals surface area contributed by atoms with Gasteiger partial charge in [0.15, 0.2) is 0 Å². The van der Waals surface area contributed by atoms with Crippen molar-refractivity contribution in [3.63, 3.8) is 0 Å². The Morgan fingerprint density at radius 2 is 1.88 bits per heavy atom. The molecule has 2 rings (SSSR count). The van der Waals surface area contributed by atoms with Crippen LogP contribution in [-0.4, -0.2) is 4.98 Å². The van der Waals surface area contributed by atoms with Crippen molar-refractivity contribution in [2.75, 3.05) is 5.32 Å². The van der Waals surface area contributed by atoms with Crippen molar-refractivity contribution in [3.8, 4) is 0 Å². The Labute approximate surface area is 96.4 Å². The molecule has 82 valence electrons. The predicted octanol–water partition coefficient (Wildman–Crippen LogP) is 3.31. The minimum absolute atomic E-state index is 0.822. The Morgan fingerprint density at radius 3 is 2.56 bits per heavy atom. The van der Waals surface area contributed by atoms with Crippen molar-refractivity contribution < 1.29 is 0 Å². The lowest BCUT2D eigenvalue weighted by atomic mass is 10.1. The molecule has 0 saturated heterocycles. The predicted molar refractivity (Wildman–Crippen MR) is 67.5 cm³/mol. The average Bonchev–Trinajstić information content (AvgIpc) is 2.30. The summed E-state index contributed by atoms with van der Waals surface area (Å²) in [5, 5.41) is 3.32. The topological polar surface area (TPSA) is 24.9 Å². The van der Waals surface area contributed by atoms with E-state index in [1.165, 1.54) is 16.7 Å². The molecule has 0 atom stereocenters. The molecule has 0 bridgehead atoms. The molecular weight excluding hydrogens is 196 g/mol. The van der Waals surface area contributed by atoms with Crippen LogP contribution in [0.5, 0.6) is 0 Å². The Kier molecular flexibility index (Phi) is 3.20. The van der Waals surface area contributed by atoms with Crippen LogP contribution < -0.4 is 5.32 Å². The highest BCUT2D eigenvalue weighted by atomic mass is 15.0. The van der Waals surface area contributed by atoms with Gasteiger partial charge in [-0.15, -0.1) is 0 Å². The first-order chi connectivity index (χ1) is 7.75. The van der Waals surface area contributed by atoms with Gasteiger partial charge >= 0.3 is 0 Å². The highest BCUT2D eigenvalue weighted by Crippen LogP contribution is 2.10. The van der Waals surface area contributed by atoms with Crippen molar-refractivity contribution in [2.24, 2.45) is 0 Å². The quantitative estimate of drug-likeness (QED) is 0.844. The number of aryl methyl sites for hydroxylation is 2. The Balaban J connectivity index is 2.02. The van der Waals surface area contributed by atoms with Crippen LogP contribution in [0.1, 0.15) is 16.7 Å². The Bertz CT molecular complexity index is 460. The molecule has 1 aromatic carbocycles. The number of pyridine rings is 1. The van der Waals surface area contributed by atoms with E-state index in [9.17, 15) is 0 Å². The summed E-state index contributed by atoms with van der Waals surface area (Å²) >= 11 is 0. The highest BCUT2D eigenvalue weighted by Gasteiger charge is 1.97. The van der Waals surface area contributed by atoms with Crippen LogP contribution in [-0.2, 0) is 6.54 Å². The molecule has 0 radical (unpaired) electrons. The van der Waals surface area contributed by atoms with E-state index in [4.69, 9.17) is 0 Å². The number of aromatic nitrogens is 1. The minimum atomic E-state index is 0.822. The first kappa shape index (κ1) is 10.7. The molecule has 0 aliphatic heterocycles. The zero-order valence-corrected chi connectivity index (χ0v) is 9.70. The molecule has 1 N–H and O–H groups in total. The van der Waals surface area contributed by atoms with Crippen LogP contribution in [0, 0.1) is 13.8 Å². The van der Waals surface area contributed by atoms with Crippen LogP contribution >= 0.6 is 0 Å². The molecule has 16 heavy (non-hydrogen) atoms. The van der Waals surface area contributed by atoms with Gasteiger partial charge in [0, 0.05) is 12.7 Å². The van der Waals surface area contributed by atoms with E-state index in [-0.39, 0.29) is 0 Å². The normalized spacial score (nSPS) is 10.1. The van der Waals surface area contributed by atoms with Gasteiger partial charge in [0.25, 0.3) is 0 Å². The van der Waals surface area contributed by atoms with Gasteiger partial charge in [-0.3, -0.25) is 0 Å². The SMILES string of the molecule is Cc1ccc(NCc2ccccc2C)nc1. The number of hydrogen-bond donors (Lipinski definition) is 1. The van der Waals surface area contributed by atoms with E-state index in [1.54, 1.807) is 0 Å². The maximum Gasteiger partial charge on any atom is 0.126 e. The summed E-state index contributed by atoms with van der Waals surface area (Å²) in [4.78, 5) is 4.31. The lowest BCUT2D eigenvalue weighted by molar-refractivity contribution is 1.09. The zero-order valence-electron chi connectivity index (χ0n) is 9.70. The van der Waals surface area contributed by atoms with Crippen molar-refractivity contribution in [2.45, 2.75) is 20.4 Å². The third-order valence-electron chi connectivity index (χ3n) is 2.63. The molecule has 2 nitrogen and oxygen atoms in total. The molecule has 0 saturated carbocycles. The van der Waals surface area contributed by atoms with E-state index in [0.29, 0.717) is 0 Å². The molecule has 2 heteroatoms. The second-order valence-corrected chi connectivity index (χ2v) is 4.00. The number of hydrogen-bond acceptors (Lipinski definition) is 2. The molecule has 0 unspecified atom stereocenters. The van der Waals surface area contributed by atoms with Gasteiger partial charge in [0.05, 0.1) is 0 Å². The standard InChI is InChI=1S/C14H16N2/c1-11-7-8-14(15-9-11)16-10-13-6-4-3-5-12(13)2/h3-9H,10H2,1-2H3,(H,15,16). The third kappa shape index (κ3) is 2.60. The van der Waals surface area contributed by atoms with E-state index in [1.807, 2.05) is 19.2 Å². The number of rotatable bonds is 3. The van der Waals surface area contributed by atoms with Crippen molar-refractivity contribution in [1.82, 2.24) is 4.98 Å². The first-order valence-electron chi connectivity index (χ1n) is 5.47. The lowest BCUT2D eigenvalue weighted by Crippen LogP contribution is -2.02. The molecule has 0 amide bonds. The van der Waals surface area contributed by atoms with Gasteiger partial charge in [-0.25, -0.2) is 4.98 Å². The van der Waals surface area contributed by atoms with Crippen molar-refractivity contribution in [1.29, 1.82) is 0 Å². The lowest BCUT2D eigenvalue weighted by Gasteiger charge is -2.08. The second-order valence-electron chi connectivity index (χ2n) is 4.00. The van der Waals surface area contributed by atoms with Gasteiger partial charge < -0.3 is 5.32 Å². The summed E-state index contributed by atoms with van der Waals surface area (Å²) < 4.78 is 0. The largest absolute Gasteiger partial charge is 0.366 e. The van der Waals surface area contributed by atoms with Gasteiger partial charge in [0.2, 0.25) is 0 Å². The molecule has 0 aliphatic carbocycles. The zero-order chi connectivity index (χ0) is 11.4. The number of nitrogens with one attached hydrogen (secondary N) is 1. The summed E-state index contributed by atoms with van der Waals surface area (Å²) in [6.07, 6.45) is 1.88. The maximum absolute atomic E-state index is 4.31. The van der Waals surface area contributed by atoms with Crippen LogP contribution in [0.15, 0.2) is 42.6 Å². The number of nitrogens with zero attached hydrogens (tertiary/aromatic N) is 1. The van der Waals surface area contributed by atoms with Gasteiger partial charge in [0.1, 0.15) is 5.82 Å². The Morgan fingerprint density at radius 1 is 1.06 bits per heavy atom.